The molecule has 4 fully saturated rings. The van der Waals surface area contributed by atoms with Crippen LogP contribution in [0.2, 0.25) is 0 Å². The summed E-state index contributed by atoms with van der Waals surface area (Å²) in [6.45, 7) is -0.337. The molecule has 0 saturated heterocycles. The number of methoxy groups -OCH3 is 2. The van der Waals surface area contributed by atoms with Crippen LogP contribution in [0.15, 0.2) is 40.8 Å². The molecule has 37 heavy (non-hydrogen) atoms. The highest BCUT2D eigenvalue weighted by Gasteiger charge is 2.61. The van der Waals surface area contributed by atoms with Crippen molar-refractivity contribution in [2.75, 3.05) is 20.8 Å². The number of carbonyl (C=O) groups is 2. The van der Waals surface area contributed by atoms with Crippen LogP contribution in [0.1, 0.15) is 61.4 Å². The van der Waals surface area contributed by atoms with Gasteiger partial charge in [0.1, 0.15) is 0 Å². The molecular weight excluding hydrogens is 512 g/mol. The van der Waals surface area contributed by atoms with Gasteiger partial charge in [-0.25, -0.2) is 5.01 Å². The minimum atomic E-state index is -0.550. The maximum Gasteiger partial charge on any atom is 0.312 e. The number of hydrazone groups is 1. The zero-order chi connectivity index (χ0) is 25.8. The molecule has 2 aromatic rings. The number of ether oxygens (including phenoxy) is 3. The topological polar surface area (TPSA) is 77.4 Å². The number of alkyl halides is 1. The number of nitrogens with zero attached hydrogens (tertiary/aromatic N) is 2. The van der Waals surface area contributed by atoms with Crippen LogP contribution in [0, 0.1) is 17.3 Å². The SMILES string of the molecule is COc1ccc([C@H]2CC(c3cccs3)=NN2C(=O)COC(=O)C23C[C@H]4C[C@@H](CC(Cl)(C4)C2)C3)cc1OC. The molecule has 1 aromatic heterocycles. The van der Waals surface area contributed by atoms with Crippen molar-refractivity contribution in [1.82, 2.24) is 5.01 Å². The van der Waals surface area contributed by atoms with Gasteiger partial charge < -0.3 is 14.2 Å². The largest absolute Gasteiger partial charge is 0.493 e. The Labute approximate surface area is 225 Å². The zero-order valence-electron chi connectivity index (χ0n) is 21.1. The first-order chi connectivity index (χ1) is 17.8. The van der Waals surface area contributed by atoms with Gasteiger partial charge in [-0.2, -0.15) is 5.10 Å². The summed E-state index contributed by atoms with van der Waals surface area (Å²) >= 11 is 8.49. The molecule has 1 aromatic carbocycles. The first-order valence-corrected chi connectivity index (χ1v) is 14.1. The molecule has 196 valence electrons. The lowest BCUT2D eigenvalue weighted by atomic mass is 9.49. The van der Waals surface area contributed by atoms with E-state index in [1.165, 1.54) is 5.01 Å². The summed E-state index contributed by atoms with van der Waals surface area (Å²) in [7, 11) is 3.17. The molecule has 1 amide bonds. The summed E-state index contributed by atoms with van der Waals surface area (Å²) in [6.07, 6.45) is 5.98. The van der Waals surface area contributed by atoms with E-state index in [1.807, 2.05) is 35.7 Å². The molecule has 2 heterocycles. The first-order valence-electron chi connectivity index (χ1n) is 12.8. The molecule has 0 spiro atoms. The molecule has 3 atom stereocenters. The number of rotatable bonds is 7. The van der Waals surface area contributed by atoms with E-state index < -0.39 is 5.41 Å². The fraction of sp³-hybridized carbons (Fsp3) is 0.536. The van der Waals surface area contributed by atoms with Crippen LogP contribution >= 0.6 is 22.9 Å². The van der Waals surface area contributed by atoms with Gasteiger partial charge in [-0.3, -0.25) is 9.59 Å². The molecule has 0 N–H and O–H groups in total. The summed E-state index contributed by atoms with van der Waals surface area (Å²) in [6, 6.07) is 9.25. The third-order valence-electron chi connectivity index (χ3n) is 8.51. The summed E-state index contributed by atoms with van der Waals surface area (Å²) in [5.74, 6) is 1.54. The molecule has 0 unspecified atom stereocenters. The molecule has 7 rings (SSSR count). The maximum atomic E-state index is 13.5. The third kappa shape index (κ3) is 4.42. The predicted octanol–water partition coefficient (Wildman–Crippen LogP) is 5.56. The monoisotopic (exact) mass is 542 g/mol. The number of thiophene rings is 1. The van der Waals surface area contributed by atoms with Gasteiger partial charge >= 0.3 is 5.97 Å². The molecule has 4 saturated carbocycles. The highest BCUT2D eigenvalue weighted by Crippen LogP contribution is 2.64. The Morgan fingerprint density at radius 2 is 1.86 bits per heavy atom. The molecule has 9 heteroatoms. The van der Waals surface area contributed by atoms with Gasteiger partial charge in [0.05, 0.1) is 36.3 Å². The van der Waals surface area contributed by atoms with E-state index in [9.17, 15) is 9.59 Å². The van der Waals surface area contributed by atoms with Gasteiger partial charge in [0.15, 0.2) is 18.1 Å². The fourth-order valence-corrected chi connectivity index (χ4v) is 8.80. The van der Waals surface area contributed by atoms with Gasteiger partial charge in [-0.15, -0.1) is 22.9 Å². The Hall–Kier alpha value is -2.58. The van der Waals surface area contributed by atoms with E-state index in [0.717, 1.165) is 48.3 Å². The number of benzene rings is 1. The molecule has 4 aliphatic carbocycles. The van der Waals surface area contributed by atoms with Crippen LogP contribution in [-0.4, -0.2) is 48.3 Å². The normalized spacial score (nSPS) is 31.8. The van der Waals surface area contributed by atoms with E-state index in [-0.39, 0.29) is 29.4 Å². The van der Waals surface area contributed by atoms with Crippen molar-refractivity contribution in [2.45, 2.75) is 55.9 Å². The van der Waals surface area contributed by atoms with E-state index in [1.54, 1.807) is 25.6 Å². The Morgan fingerprint density at radius 1 is 1.11 bits per heavy atom. The van der Waals surface area contributed by atoms with Crippen molar-refractivity contribution in [3.8, 4) is 11.5 Å². The molecule has 7 nitrogen and oxygen atoms in total. The quantitative estimate of drug-likeness (QED) is 0.338. The maximum absolute atomic E-state index is 13.5. The number of esters is 1. The van der Waals surface area contributed by atoms with Crippen molar-refractivity contribution in [3.63, 3.8) is 0 Å². The summed E-state index contributed by atoms with van der Waals surface area (Å²) < 4.78 is 16.6. The second kappa shape index (κ2) is 9.31. The number of amides is 1. The van der Waals surface area contributed by atoms with Crippen molar-refractivity contribution in [1.29, 1.82) is 0 Å². The van der Waals surface area contributed by atoms with Gasteiger partial charge in [-0.05, 0) is 79.5 Å². The molecule has 1 aliphatic heterocycles. The Balaban J connectivity index is 1.21. The van der Waals surface area contributed by atoms with Gasteiger partial charge in [0, 0.05) is 11.3 Å². The van der Waals surface area contributed by atoms with Crippen LogP contribution in [0.4, 0.5) is 0 Å². The lowest BCUT2D eigenvalue weighted by Gasteiger charge is -2.58. The van der Waals surface area contributed by atoms with Gasteiger partial charge in [0.25, 0.3) is 5.91 Å². The van der Waals surface area contributed by atoms with Crippen molar-refractivity contribution in [2.24, 2.45) is 22.4 Å². The van der Waals surface area contributed by atoms with E-state index >= 15 is 0 Å². The number of hydrogen-bond donors (Lipinski definition) is 0. The number of hydrogen-bond acceptors (Lipinski definition) is 7. The number of carbonyl (C=O) groups excluding carboxylic acids is 2. The molecule has 0 radical (unpaired) electrons. The Bertz CT molecular complexity index is 1230. The lowest BCUT2D eigenvalue weighted by molar-refractivity contribution is -0.173. The number of halogens is 1. The van der Waals surface area contributed by atoms with Crippen LogP contribution in [0.25, 0.3) is 0 Å². The minimum Gasteiger partial charge on any atom is -0.493 e. The van der Waals surface area contributed by atoms with Crippen LogP contribution in [0.3, 0.4) is 0 Å². The molecule has 5 aliphatic rings. The van der Waals surface area contributed by atoms with Crippen molar-refractivity contribution >= 4 is 40.5 Å². The standard InChI is InChI=1S/C28H31ClN2O5S/c1-34-22-6-5-19(9-23(22)35-2)21-10-20(24-4-3-7-37-24)30-31(21)25(32)15-36-26(33)27-11-17-8-18(12-27)14-28(29,13-17)16-27/h3-7,9,17-18,21H,8,10-16H2,1-2H3/t17-,18-,21-,27?,28?/m1/s1. The zero-order valence-corrected chi connectivity index (χ0v) is 22.6. The van der Waals surface area contributed by atoms with Crippen LogP contribution < -0.4 is 9.47 Å². The smallest absolute Gasteiger partial charge is 0.312 e. The van der Waals surface area contributed by atoms with Gasteiger partial charge in [0.2, 0.25) is 0 Å². The summed E-state index contributed by atoms with van der Waals surface area (Å²) in [5.41, 5.74) is 1.16. The van der Waals surface area contributed by atoms with Crippen molar-refractivity contribution < 1.29 is 23.8 Å². The van der Waals surface area contributed by atoms with Gasteiger partial charge in [-0.1, -0.05) is 12.1 Å². The van der Waals surface area contributed by atoms with Crippen molar-refractivity contribution in [3.05, 3.63) is 46.2 Å². The van der Waals surface area contributed by atoms with Crippen LogP contribution in [-0.2, 0) is 14.3 Å². The Kier molecular flexibility index (Phi) is 6.23. The second-order valence-corrected chi connectivity index (χ2v) is 12.8. The second-order valence-electron chi connectivity index (χ2n) is 11.1. The highest BCUT2D eigenvalue weighted by atomic mass is 35.5. The van der Waals surface area contributed by atoms with E-state index in [2.05, 4.69) is 0 Å². The van der Waals surface area contributed by atoms with Crippen LogP contribution in [0.5, 0.6) is 11.5 Å². The first kappa shape index (κ1) is 24.7. The summed E-state index contributed by atoms with van der Waals surface area (Å²) in [4.78, 5) is 27.6. The molecular formula is C28H31ClN2O5S. The average Bonchev–Trinajstić information content (AvgIpc) is 3.55. The molecule has 4 bridgehead atoms. The average molecular weight is 543 g/mol. The summed E-state index contributed by atoms with van der Waals surface area (Å²) in [5, 5.41) is 8.15. The highest BCUT2D eigenvalue weighted by molar-refractivity contribution is 7.12. The van der Waals surface area contributed by atoms with E-state index in [4.69, 9.17) is 30.9 Å². The minimum absolute atomic E-state index is 0.274. The van der Waals surface area contributed by atoms with E-state index in [0.29, 0.717) is 36.2 Å². The fourth-order valence-electron chi connectivity index (χ4n) is 7.39. The lowest BCUT2D eigenvalue weighted by Crippen LogP contribution is -2.56. The predicted molar refractivity (Wildman–Crippen MR) is 141 cm³/mol. The third-order valence-corrected chi connectivity index (χ3v) is 9.87. The Morgan fingerprint density at radius 3 is 2.51 bits per heavy atom.